The van der Waals surface area contributed by atoms with Gasteiger partial charge in [-0.3, -0.25) is 4.90 Å². The third-order valence-electron chi connectivity index (χ3n) is 6.66. The van der Waals surface area contributed by atoms with Gasteiger partial charge in [-0.15, -0.1) is 15.0 Å². The Morgan fingerprint density at radius 2 is 1.87 bits per heavy atom. The number of tetrazole rings is 1. The second-order valence-corrected chi connectivity index (χ2v) is 10.5. The van der Waals surface area contributed by atoms with E-state index in [1.807, 2.05) is 36.4 Å². The van der Waals surface area contributed by atoms with Crippen molar-refractivity contribution in [3.63, 3.8) is 0 Å². The first-order chi connectivity index (χ1) is 18.7. The summed E-state index contributed by atoms with van der Waals surface area (Å²) in [7, 11) is 0. The molecule has 1 aliphatic carbocycles. The normalized spacial score (nSPS) is 20.3. The molecule has 0 radical (unpaired) electrons. The highest BCUT2D eigenvalue weighted by Crippen LogP contribution is 2.29. The van der Waals surface area contributed by atoms with Crippen LogP contribution in [0, 0.1) is 0 Å². The molecule has 2 fully saturated rings. The Kier molecular flexibility index (Phi) is 7.49. The molecule has 0 amide bonds. The quantitative estimate of drug-likeness (QED) is 0.307. The Morgan fingerprint density at radius 1 is 1.05 bits per heavy atom. The molecule has 0 atom stereocenters. The van der Waals surface area contributed by atoms with Gasteiger partial charge in [0.05, 0.1) is 41.8 Å². The number of morpholine rings is 1. The number of aliphatic hydroxyl groups excluding tert-OH is 1. The van der Waals surface area contributed by atoms with Crippen molar-refractivity contribution in [3.8, 4) is 16.4 Å². The molecule has 1 saturated carbocycles. The molecular weight excluding hydrogens is 504 g/mol. The number of nitrogens with zero attached hydrogens (tertiary/aromatic N) is 8. The molecule has 4 heterocycles. The van der Waals surface area contributed by atoms with Crippen molar-refractivity contribution in [1.82, 2.24) is 40.1 Å². The number of nitrogens with one attached hydrogen (secondary N) is 2. The van der Waals surface area contributed by atoms with Gasteiger partial charge in [0.15, 0.2) is 5.13 Å². The van der Waals surface area contributed by atoms with Gasteiger partial charge >= 0.3 is 0 Å². The van der Waals surface area contributed by atoms with Crippen molar-refractivity contribution in [3.05, 3.63) is 48.3 Å². The molecule has 1 aliphatic heterocycles. The van der Waals surface area contributed by atoms with Crippen LogP contribution in [0.3, 0.4) is 0 Å². The Bertz CT molecular complexity index is 1330. The van der Waals surface area contributed by atoms with E-state index in [0.29, 0.717) is 29.3 Å². The number of thiazole rings is 1. The summed E-state index contributed by atoms with van der Waals surface area (Å²) >= 11 is 1.44. The van der Waals surface area contributed by atoms with Crippen molar-refractivity contribution in [2.45, 2.75) is 44.4 Å². The van der Waals surface area contributed by atoms with Crippen LogP contribution < -0.4 is 10.6 Å². The fourth-order valence-corrected chi connectivity index (χ4v) is 5.37. The molecule has 13 heteroatoms. The number of ether oxygens (including phenoxy) is 1. The second kappa shape index (κ2) is 11.5. The highest BCUT2D eigenvalue weighted by Gasteiger charge is 2.21. The van der Waals surface area contributed by atoms with E-state index in [9.17, 15) is 5.11 Å². The number of aromatic nitrogens is 7. The third-order valence-corrected chi connectivity index (χ3v) is 7.57. The number of hydrogen-bond donors (Lipinski definition) is 3. The molecule has 38 heavy (non-hydrogen) atoms. The minimum Gasteiger partial charge on any atom is -0.393 e. The smallest absolute Gasteiger partial charge is 0.225 e. The molecular formula is C25H30N10O2S. The lowest BCUT2D eigenvalue weighted by atomic mass is 9.93. The van der Waals surface area contributed by atoms with Crippen LogP contribution in [0.15, 0.2) is 42.6 Å². The zero-order valence-corrected chi connectivity index (χ0v) is 21.7. The number of rotatable bonds is 8. The van der Waals surface area contributed by atoms with Crippen LogP contribution >= 0.6 is 11.3 Å². The summed E-state index contributed by atoms with van der Waals surface area (Å²) in [5.74, 6) is 1.77. The standard InChI is InChI=1S/C25H30N10O2S/c36-20-8-6-17(7-9-20)27-24-28-18(16-34-10-12-37-13-11-34)14-22(29-24)30-25-26-15-21(38-25)23-31-33-35(32-23)19-4-2-1-3-5-19/h1-5,14-15,17,20,36H,6-13,16H2,(H2,26,27,28,29,30). The monoisotopic (exact) mass is 534 g/mol. The van der Waals surface area contributed by atoms with E-state index in [2.05, 4.69) is 35.9 Å². The highest BCUT2D eigenvalue weighted by molar-refractivity contribution is 7.18. The van der Waals surface area contributed by atoms with E-state index >= 15 is 0 Å². The lowest BCUT2D eigenvalue weighted by Crippen LogP contribution is -2.36. The molecule has 12 nitrogen and oxygen atoms in total. The maximum Gasteiger partial charge on any atom is 0.225 e. The predicted molar refractivity (Wildman–Crippen MR) is 144 cm³/mol. The van der Waals surface area contributed by atoms with Gasteiger partial charge in [0.1, 0.15) is 5.82 Å². The van der Waals surface area contributed by atoms with Gasteiger partial charge in [-0.1, -0.05) is 29.5 Å². The van der Waals surface area contributed by atoms with E-state index in [1.165, 1.54) is 16.1 Å². The first kappa shape index (κ1) is 24.8. The van der Waals surface area contributed by atoms with E-state index in [0.717, 1.165) is 68.2 Å². The molecule has 3 N–H and O–H groups in total. The number of anilines is 3. The van der Waals surface area contributed by atoms with E-state index < -0.39 is 0 Å². The molecule has 0 spiro atoms. The summed E-state index contributed by atoms with van der Waals surface area (Å²) < 4.78 is 5.50. The van der Waals surface area contributed by atoms with E-state index in [1.54, 1.807) is 6.20 Å². The fourth-order valence-electron chi connectivity index (χ4n) is 4.63. The Morgan fingerprint density at radius 3 is 2.68 bits per heavy atom. The number of para-hydroxylation sites is 1. The van der Waals surface area contributed by atoms with Gasteiger partial charge in [-0.05, 0) is 43.0 Å². The Balaban J connectivity index is 1.19. The largest absolute Gasteiger partial charge is 0.393 e. The summed E-state index contributed by atoms with van der Waals surface area (Å²) in [6.07, 6.45) is 4.91. The van der Waals surface area contributed by atoms with Crippen molar-refractivity contribution in [1.29, 1.82) is 0 Å². The number of benzene rings is 1. The highest BCUT2D eigenvalue weighted by atomic mass is 32.1. The lowest BCUT2D eigenvalue weighted by molar-refractivity contribution is 0.0336. The van der Waals surface area contributed by atoms with Gasteiger partial charge < -0.3 is 20.5 Å². The molecule has 0 bridgehead atoms. The van der Waals surface area contributed by atoms with Crippen LogP contribution in [0.2, 0.25) is 0 Å². The first-order valence-electron chi connectivity index (χ1n) is 12.9. The van der Waals surface area contributed by atoms with Crippen LogP contribution in [0.25, 0.3) is 16.4 Å². The van der Waals surface area contributed by atoms with Gasteiger partial charge in [0, 0.05) is 31.7 Å². The SMILES string of the molecule is OC1CCC(Nc2nc(CN3CCOCC3)cc(Nc3ncc(-c4nnn(-c5ccccc5)n4)s3)n2)CC1. The van der Waals surface area contributed by atoms with Crippen LogP contribution in [-0.2, 0) is 11.3 Å². The summed E-state index contributed by atoms with van der Waals surface area (Å²) in [6, 6.07) is 11.9. The molecule has 4 aromatic rings. The summed E-state index contributed by atoms with van der Waals surface area (Å²) in [5.41, 5.74) is 1.77. The van der Waals surface area contributed by atoms with Crippen LogP contribution in [-0.4, -0.2) is 83.6 Å². The Hall–Kier alpha value is -3.52. The molecule has 1 saturated heterocycles. The first-order valence-corrected chi connectivity index (χ1v) is 13.7. The topological polar surface area (TPSA) is 139 Å². The molecule has 6 rings (SSSR count). The zero-order chi connectivity index (χ0) is 25.7. The van der Waals surface area contributed by atoms with Crippen LogP contribution in [0.4, 0.5) is 16.9 Å². The lowest BCUT2D eigenvalue weighted by Gasteiger charge is -2.27. The van der Waals surface area contributed by atoms with Crippen molar-refractivity contribution < 1.29 is 9.84 Å². The molecule has 1 aromatic carbocycles. The van der Waals surface area contributed by atoms with E-state index in [4.69, 9.17) is 14.7 Å². The van der Waals surface area contributed by atoms with E-state index in [-0.39, 0.29) is 12.1 Å². The minimum atomic E-state index is -0.207. The fraction of sp³-hybridized carbons (Fsp3) is 0.440. The molecule has 0 unspecified atom stereocenters. The third kappa shape index (κ3) is 6.13. The van der Waals surface area contributed by atoms with Crippen molar-refractivity contribution in [2.75, 3.05) is 36.9 Å². The maximum atomic E-state index is 9.87. The zero-order valence-electron chi connectivity index (χ0n) is 20.9. The molecule has 3 aromatic heterocycles. The predicted octanol–water partition coefficient (Wildman–Crippen LogP) is 2.87. The average molecular weight is 535 g/mol. The number of hydrogen-bond acceptors (Lipinski definition) is 12. The van der Waals surface area contributed by atoms with Gasteiger partial charge in [-0.2, -0.15) is 4.98 Å². The maximum absolute atomic E-state index is 9.87. The van der Waals surface area contributed by atoms with Gasteiger partial charge in [0.25, 0.3) is 0 Å². The summed E-state index contributed by atoms with van der Waals surface area (Å²) in [5, 5.41) is 30.3. The summed E-state index contributed by atoms with van der Waals surface area (Å²) in [6.45, 7) is 3.94. The summed E-state index contributed by atoms with van der Waals surface area (Å²) in [4.78, 5) is 18.7. The van der Waals surface area contributed by atoms with Crippen LogP contribution in [0.1, 0.15) is 31.4 Å². The average Bonchev–Trinajstić information content (AvgIpc) is 3.61. The van der Waals surface area contributed by atoms with Crippen molar-refractivity contribution in [2.24, 2.45) is 0 Å². The Labute approximate surface area is 224 Å². The van der Waals surface area contributed by atoms with Crippen molar-refractivity contribution >= 4 is 28.2 Å². The molecule has 2 aliphatic rings. The van der Waals surface area contributed by atoms with Crippen LogP contribution in [0.5, 0.6) is 0 Å². The van der Waals surface area contributed by atoms with Gasteiger partial charge in [-0.25, -0.2) is 9.97 Å². The van der Waals surface area contributed by atoms with Gasteiger partial charge in [0.2, 0.25) is 11.8 Å². The minimum absolute atomic E-state index is 0.207. The second-order valence-electron chi connectivity index (χ2n) is 9.50. The molecule has 198 valence electrons. The number of aliphatic hydroxyl groups is 1.